The largest absolute Gasteiger partial charge is 0.497 e. The molecule has 1 atom stereocenters. The summed E-state index contributed by atoms with van der Waals surface area (Å²) in [7, 11) is 0.324. The highest BCUT2D eigenvalue weighted by Crippen LogP contribution is 2.26. The molecule has 1 aromatic carbocycles. The van der Waals surface area contributed by atoms with Crippen molar-refractivity contribution in [3.8, 4) is 5.75 Å². The zero-order valence-corrected chi connectivity index (χ0v) is 11.4. The third kappa shape index (κ3) is 3.19. The Morgan fingerprint density at radius 3 is 2.78 bits per heavy atom. The molecule has 0 N–H and O–H groups in total. The molecule has 0 amide bonds. The van der Waals surface area contributed by atoms with Crippen molar-refractivity contribution < 1.29 is 13.7 Å². The molecule has 0 saturated heterocycles. The van der Waals surface area contributed by atoms with Gasteiger partial charge in [0.25, 0.3) is 0 Å². The van der Waals surface area contributed by atoms with Crippen LogP contribution in [0.4, 0.5) is 0 Å². The number of hydrogen-bond acceptors (Lipinski definition) is 3. The van der Waals surface area contributed by atoms with Crippen molar-refractivity contribution in [1.29, 1.82) is 0 Å². The Labute approximate surface area is 110 Å². The molecule has 0 aliphatic heterocycles. The molecular weight excluding hydrogens is 248 g/mol. The van der Waals surface area contributed by atoms with Crippen LogP contribution in [0.15, 0.2) is 29.2 Å². The van der Waals surface area contributed by atoms with Crippen molar-refractivity contribution in [3.05, 3.63) is 24.3 Å². The molecule has 1 aliphatic carbocycles. The summed E-state index contributed by atoms with van der Waals surface area (Å²) < 4.78 is 17.2. The highest BCUT2D eigenvalue weighted by Gasteiger charge is 2.24. The van der Waals surface area contributed by atoms with Gasteiger partial charge in [0.1, 0.15) is 11.5 Å². The fourth-order valence-corrected chi connectivity index (χ4v) is 3.46. The Hall–Kier alpha value is -1.16. The van der Waals surface area contributed by atoms with Gasteiger partial charge >= 0.3 is 0 Å². The van der Waals surface area contributed by atoms with E-state index in [1.165, 1.54) is 0 Å². The van der Waals surface area contributed by atoms with Gasteiger partial charge in [-0.25, -0.2) is 0 Å². The second-order valence-electron chi connectivity index (χ2n) is 4.62. The standard InChI is InChI=1S/C14H18O3S/c1-17-12-7-4-8-13(9-12)18(16)10-14(15)11-5-2-3-6-11/h4,7-9,11H,2-3,5-6,10H2,1H3. The van der Waals surface area contributed by atoms with Crippen molar-refractivity contribution in [2.75, 3.05) is 12.9 Å². The minimum absolute atomic E-state index is 0.137. The minimum Gasteiger partial charge on any atom is -0.497 e. The predicted molar refractivity (Wildman–Crippen MR) is 71.2 cm³/mol. The Morgan fingerprint density at radius 2 is 2.11 bits per heavy atom. The molecule has 1 saturated carbocycles. The summed E-state index contributed by atoms with van der Waals surface area (Å²) in [5.41, 5.74) is 0. The van der Waals surface area contributed by atoms with Crippen molar-refractivity contribution in [1.82, 2.24) is 0 Å². The normalized spacial score (nSPS) is 17.6. The molecule has 4 heteroatoms. The molecule has 1 unspecified atom stereocenters. The Balaban J connectivity index is 2.00. The van der Waals surface area contributed by atoms with Gasteiger partial charge in [-0.05, 0) is 31.0 Å². The first-order chi connectivity index (χ1) is 8.70. The molecule has 2 rings (SSSR count). The van der Waals surface area contributed by atoms with Crippen molar-refractivity contribution in [2.24, 2.45) is 5.92 Å². The average Bonchev–Trinajstić information content (AvgIpc) is 2.92. The van der Waals surface area contributed by atoms with Crippen molar-refractivity contribution in [3.63, 3.8) is 0 Å². The fourth-order valence-electron chi connectivity index (χ4n) is 2.32. The van der Waals surface area contributed by atoms with Gasteiger partial charge in [-0.3, -0.25) is 9.00 Å². The maximum absolute atomic E-state index is 12.1. The van der Waals surface area contributed by atoms with Crippen molar-refractivity contribution in [2.45, 2.75) is 30.6 Å². The van der Waals surface area contributed by atoms with Gasteiger partial charge in [-0.1, -0.05) is 18.9 Å². The summed E-state index contributed by atoms with van der Waals surface area (Å²) in [6, 6.07) is 7.12. The van der Waals surface area contributed by atoms with E-state index in [4.69, 9.17) is 4.74 Å². The molecule has 1 fully saturated rings. The van der Waals surface area contributed by atoms with E-state index >= 15 is 0 Å². The number of ketones is 1. The first-order valence-corrected chi connectivity index (χ1v) is 7.57. The lowest BCUT2D eigenvalue weighted by Gasteiger charge is -2.08. The number of ether oxygens (including phenoxy) is 1. The highest BCUT2D eigenvalue weighted by molar-refractivity contribution is 7.85. The second-order valence-corrected chi connectivity index (χ2v) is 6.07. The van der Waals surface area contributed by atoms with Gasteiger partial charge in [0.15, 0.2) is 0 Å². The van der Waals surface area contributed by atoms with Gasteiger partial charge < -0.3 is 4.74 Å². The number of carbonyl (C=O) groups excluding carboxylic acids is 1. The van der Waals surface area contributed by atoms with Gasteiger partial charge in [-0.2, -0.15) is 0 Å². The quantitative estimate of drug-likeness (QED) is 0.822. The van der Waals surface area contributed by atoms with Gasteiger partial charge in [0.2, 0.25) is 0 Å². The third-order valence-electron chi connectivity index (χ3n) is 3.39. The summed E-state index contributed by atoms with van der Waals surface area (Å²) in [5.74, 6) is 1.10. The van der Waals surface area contributed by atoms with Crippen LogP contribution < -0.4 is 4.74 Å². The Kier molecular flexibility index (Phi) is 4.53. The smallest absolute Gasteiger partial charge is 0.148 e. The van der Waals surface area contributed by atoms with E-state index < -0.39 is 10.8 Å². The van der Waals surface area contributed by atoms with Crippen LogP contribution in [0.25, 0.3) is 0 Å². The fraction of sp³-hybridized carbons (Fsp3) is 0.500. The van der Waals surface area contributed by atoms with Crippen LogP contribution in [-0.4, -0.2) is 22.9 Å². The first-order valence-electron chi connectivity index (χ1n) is 6.26. The van der Waals surface area contributed by atoms with Crippen LogP contribution in [0.3, 0.4) is 0 Å². The number of rotatable bonds is 5. The average molecular weight is 266 g/mol. The maximum atomic E-state index is 12.1. The van der Waals surface area contributed by atoms with E-state index in [2.05, 4.69) is 0 Å². The van der Waals surface area contributed by atoms with Gasteiger partial charge in [0, 0.05) is 10.8 Å². The number of hydrogen-bond donors (Lipinski definition) is 0. The summed E-state index contributed by atoms with van der Waals surface area (Å²) in [4.78, 5) is 12.6. The maximum Gasteiger partial charge on any atom is 0.148 e. The summed E-state index contributed by atoms with van der Waals surface area (Å²) >= 11 is 0. The molecule has 0 spiro atoms. The highest BCUT2D eigenvalue weighted by atomic mass is 32.2. The molecule has 1 aliphatic rings. The molecule has 98 valence electrons. The van der Waals surface area contributed by atoms with E-state index in [1.54, 1.807) is 31.4 Å². The number of benzene rings is 1. The van der Waals surface area contributed by atoms with E-state index in [0.29, 0.717) is 10.6 Å². The van der Waals surface area contributed by atoms with Gasteiger partial charge in [-0.15, -0.1) is 0 Å². The third-order valence-corrected chi connectivity index (χ3v) is 4.71. The van der Waals surface area contributed by atoms with Crippen LogP contribution in [0, 0.1) is 5.92 Å². The number of Topliss-reactive ketones (excluding diaryl/α,β-unsaturated/α-hetero) is 1. The molecule has 0 bridgehead atoms. The minimum atomic E-state index is -1.25. The predicted octanol–water partition coefficient (Wildman–Crippen LogP) is 2.56. The Morgan fingerprint density at radius 1 is 1.39 bits per heavy atom. The van der Waals surface area contributed by atoms with Crippen LogP contribution in [0.2, 0.25) is 0 Å². The lowest BCUT2D eigenvalue weighted by molar-refractivity contribution is -0.120. The summed E-state index contributed by atoms with van der Waals surface area (Å²) in [6.07, 6.45) is 4.19. The molecule has 3 nitrogen and oxygen atoms in total. The van der Waals surface area contributed by atoms with Gasteiger partial charge in [0.05, 0.1) is 23.7 Å². The second kappa shape index (κ2) is 6.14. The molecule has 0 aromatic heterocycles. The van der Waals surface area contributed by atoms with Crippen LogP contribution >= 0.6 is 0 Å². The molecule has 0 heterocycles. The lowest BCUT2D eigenvalue weighted by Crippen LogP contribution is -2.18. The zero-order chi connectivity index (χ0) is 13.0. The van der Waals surface area contributed by atoms with E-state index in [9.17, 15) is 9.00 Å². The monoisotopic (exact) mass is 266 g/mol. The molecule has 18 heavy (non-hydrogen) atoms. The van der Waals surface area contributed by atoms with Crippen LogP contribution in [-0.2, 0) is 15.6 Å². The summed E-state index contributed by atoms with van der Waals surface area (Å²) in [6.45, 7) is 0. The number of carbonyl (C=O) groups is 1. The Bertz CT molecular complexity index is 450. The van der Waals surface area contributed by atoms with Crippen molar-refractivity contribution >= 4 is 16.6 Å². The SMILES string of the molecule is COc1cccc(S(=O)CC(=O)C2CCCC2)c1. The topological polar surface area (TPSA) is 43.4 Å². The molecular formula is C14H18O3S. The van der Waals surface area contributed by atoms with E-state index in [0.717, 1.165) is 25.7 Å². The first kappa shape index (κ1) is 13.3. The molecule has 1 aromatic rings. The summed E-state index contributed by atoms with van der Waals surface area (Å²) in [5, 5.41) is 0. The van der Waals surface area contributed by atoms with E-state index in [1.807, 2.05) is 0 Å². The zero-order valence-electron chi connectivity index (χ0n) is 10.6. The van der Waals surface area contributed by atoms with E-state index in [-0.39, 0.29) is 17.5 Å². The number of methoxy groups -OCH3 is 1. The van der Waals surface area contributed by atoms with Crippen LogP contribution in [0.1, 0.15) is 25.7 Å². The lowest BCUT2D eigenvalue weighted by atomic mass is 10.0. The van der Waals surface area contributed by atoms with Crippen LogP contribution in [0.5, 0.6) is 5.75 Å². The molecule has 0 radical (unpaired) electrons.